The Hall–Kier alpha value is 0.270. The Bertz CT molecular complexity index is 81.1. The van der Waals surface area contributed by atoms with Crippen LogP contribution in [0.15, 0.2) is 0 Å². The summed E-state index contributed by atoms with van der Waals surface area (Å²) in [6.07, 6.45) is 2.85. The van der Waals surface area contributed by atoms with Crippen LogP contribution in [-0.4, -0.2) is 30.6 Å². The molecule has 0 N–H and O–H groups in total. The minimum atomic E-state index is 0.437. The maximum Gasteiger partial charge on any atom is 0.0712 e. The van der Waals surface area contributed by atoms with Crippen molar-refractivity contribution in [1.82, 2.24) is 4.31 Å². The average Bonchev–Trinajstić information content (AvgIpc) is 2.15. The molecule has 1 unspecified atom stereocenters. The van der Waals surface area contributed by atoms with Crippen molar-refractivity contribution < 1.29 is 4.74 Å². The first-order valence-electron chi connectivity index (χ1n) is 3.30. The lowest BCUT2D eigenvalue weighted by Crippen LogP contribution is -2.21. The van der Waals surface area contributed by atoms with Gasteiger partial charge in [-0.2, -0.15) is 0 Å². The molecular formula is C6H13NOS. The molecule has 0 amide bonds. The lowest BCUT2D eigenvalue weighted by molar-refractivity contribution is 0.100. The minimum Gasteiger partial charge on any atom is -0.377 e. The van der Waals surface area contributed by atoms with E-state index in [0.717, 1.165) is 13.2 Å². The van der Waals surface area contributed by atoms with Crippen LogP contribution in [0.1, 0.15) is 12.8 Å². The van der Waals surface area contributed by atoms with Crippen molar-refractivity contribution in [2.45, 2.75) is 18.9 Å². The fraction of sp³-hybridized carbons (Fsp3) is 1.00. The fourth-order valence-corrected chi connectivity index (χ4v) is 1.27. The number of thiol groups is 1. The van der Waals surface area contributed by atoms with E-state index in [1.807, 2.05) is 11.4 Å². The van der Waals surface area contributed by atoms with E-state index in [0.29, 0.717) is 6.10 Å². The lowest BCUT2D eigenvalue weighted by atomic mass is 10.2. The molecule has 0 aromatic heterocycles. The predicted octanol–water partition coefficient (Wildman–Crippen LogP) is 0.942. The number of ether oxygens (including phenoxy) is 1. The fourth-order valence-electron chi connectivity index (χ4n) is 1.08. The van der Waals surface area contributed by atoms with Crippen LogP contribution in [0, 0.1) is 0 Å². The van der Waals surface area contributed by atoms with Crippen LogP contribution < -0.4 is 0 Å². The second kappa shape index (κ2) is 3.44. The molecule has 1 rings (SSSR count). The van der Waals surface area contributed by atoms with Gasteiger partial charge in [0, 0.05) is 13.2 Å². The highest BCUT2D eigenvalue weighted by atomic mass is 32.1. The Morgan fingerprint density at radius 1 is 1.78 bits per heavy atom. The van der Waals surface area contributed by atoms with Crippen molar-refractivity contribution in [3.05, 3.63) is 0 Å². The normalized spacial score (nSPS) is 27.7. The van der Waals surface area contributed by atoms with Crippen molar-refractivity contribution in [3.8, 4) is 0 Å². The van der Waals surface area contributed by atoms with E-state index in [9.17, 15) is 0 Å². The molecule has 9 heavy (non-hydrogen) atoms. The first-order valence-corrected chi connectivity index (χ1v) is 3.70. The first kappa shape index (κ1) is 7.38. The number of hydrogen-bond donors (Lipinski definition) is 1. The first-order chi connectivity index (χ1) is 4.29. The van der Waals surface area contributed by atoms with Gasteiger partial charge in [0.2, 0.25) is 0 Å². The molecule has 3 heteroatoms. The van der Waals surface area contributed by atoms with Crippen molar-refractivity contribution >= 4 is 12.8 Å². The van der Waals surface area contributed by atoms with E-state index in [-0.39, 0.29) is 0 Å². The van der Waals surface area contributed by atoms with Crippen molar-refractivity contribution in [2.24, 2.45) is 0 Å². The Morgan fingerprint density at radius 3 is 3.00 bits per heavy atom. The second-order valence-corrected chi connectivity index (χ2v) is 3.16. The van der Waals surface area contributed by atoms with E-state index in [2.05, 4.69) is 12.8 Å². The number of nitrogens with zero attached hydrogens (tertiary/aromatic N) is 1. The molecular weight excluding hydrogens is 134 g/mol. The van der Waals surface area contributed by atoms with Gasteiger partial charge < -0.3 is 4.74 Å². The third-order valence-corrected chi connectivity index (χ3v) is 1.66. The standard InChI is InChI=1S/C6H13NOS/c1-7(9)5-6-3-2-4-8-6/h6,9H,2-5H2,1H3. The third kappa shape index (κ3) is 2.56. The van der Waals surface area contributed by atoms with E-state index in [4.69, 9.17) is 4.74 Å². The second-order valence-electron chi connectivity index (χ2n) is 2.48. The zero-order valence-corrected chi connectivity index (χ0v) is 6.60. The molecule has 1 aliphatic heterocycles. The minimum absolute atomic E-state index is 0.437. The van der Waals surface area contributed by atoms with E-state index in [1.54, 1.807) is 0 Å². The van der Waals surface area contributed by atoms with Gasteiger partial charge in [0.05, 0.1) is 6.10 Å². The predicted molar refractivity (Wildman–Crippen MR) is 40.6 cm³/mol. The van der Waals surface area contributed by atoms with E-state index < -0.39 is 0 Å². The van der Waals surface area contributed by atoms with Crippen LogP contribution in [-0.2, 0) is 4.74 Å². The summed E-state index contributed by atoms with van der Waals surface area (Å²) < 4.78 is 7.24. The molecule has 1 aliphatic rings. The molecule has 0 bridgehead atoms. The summed E-state index contributed by atoms with van der Waals surface area (Å²) in [6.45, 7) is 1.88. The molecule has 0 aromatic carbocycles. The highest BCUT2D eigenvalue weighted by Crippen LogP contribution is 2.12. The Morgan fingerprint density at radius 2 is 2.56 bits per heavy atom. The number of rotatable bonds is 2. The maximum atomic E-state index is 5.37. The SMILES string of the molecule is CN(S)CC1CCCO1. The summed E-state index contributed by atoms with van der Waals surface area (Å²) in [5.74, 6) is 0. The molecule has 1 fully saturated rings. The van der Waals surface area contributed by atoms with Gasteiger partial charge in [0.15, 0.2) is 0 Å². The van der Waals surface area contributed by atoms with Gasteiger partial charge in [-0.05, 0) is 19.9 Å². The molecule has 0 radical (unpaired) electrons. The largest absolute Gasteiger partial charge is 0.377 e. The van der Waals surface area contributed by atoms with Gasteiger partial charge in [0.1, 0.15) is 0 Å². The molecule has 1 heterocycles. The van der Waals surface area contributed by atoms with Gasteiger partial charge in [-0.3, -0.25) is 4.31 Å². The molecule has 1 saturated heterocycles. The summed E-state index contributed by atoms with van der Waals surface area (Å²) in [5.41, 5.74) is 0. The number of likely N-dealkylation sites (N-methyl/N-ethyl adjacent to an activating group) is 1. The molecule has 0 saturated carbocycles. The van der Waals surface area contributed by atoms with Gasteiger partial charge >= 0.3 is 0 Å². The topological polar surface area (TPSA) is 12.5 Å². The monoisotopic (exact) mass is 147 g/mol. The highest BCUT2D eigenvalue weighted by molar-refractivity contribution is 7.77. The smallest absolute Gasteiger partial charge is 0.0712 e. The van der Waals surface area contributed by atoms with Crippen LogP contribution in [0.2, 0.25) is 0 Å². The van der Waals surface area contributed by atoms with Gasteiger partial charge in [-0.25, -0.2) is 0 Å². The Labute approximate surface area is 61.7 Å². The molecule has 0 spiro atoms. The summed E-state index contributed by atoms with van der Waals surface area (Å²) in [6, 6.07) is 0. The van der Waals surface area contributed by atoms with Crippen LogP contribution in [0.5, 0.6) is 0 Å². The molecule has 0 aliphatic carbocycles. The van der Waals surface area contributed by atoms with Crippen LogP contribution in [0.4, 0.5) is 0 Å². The molecule has 2 nitrogen and oxygen atoms in total. The van der Waals surface area contributed by atoms with Gasteiger partial charge in [0.25, 0.3) is 0 Å². The van der Waals surface area contributed by atoms with E-state index in [1.165, 1.54) is 12.8 Å². The van der Waals surface area contributed by atoms with Crippen LogP contribution >= 0.6 is 12.8 Å². The maximum absolute atomic E-state index is 5.37. The van der Waals surface area contributed by atoms with Crippen molar-refractivity contribution in [3.63, 3.8) is 0 Å². The molecule has 54 valence electrons. The summed E-state index contributed by atoms with van der Waals surface area (Å²) in [7, 11) is 1.95. The van der Waals surface area contributed by atoms with E-state index >= 15 is 0 Å². The molecule has 0 aromatic rings. The Balaban J connectivity index is 2.11. The third-order valence-electron chi connectivity index (χ3n) is 1.49. The summed E-state index contributed by atoms with van der Waals surface area (Å²) >= 11 is 4.13. The summed E-state index contributed by atoms with van der Waals surface area (Å²) in [4.78, 5) is 0. The van der Waals surface area contributed by atoms with Crippen LogP contribution in [0.3, 0.4) is 0 Å². The average molecular weight is 147 g/mol. The zero-order valence-electron chi connectivity index (χ0n) is 5.71. The molecule has 1 atom stereocenters. The van der Waals surface area contributed by atoms with Crippen molar-refractivity contribution in [1.29, 1.82) is 0 Å². The quantitative estimate of drug-likeness (QED) is 0.584. The summed E-state index contributed by atoms with van der Waals surface area (Å²) in [5, 5.41) is 0. The van der Waals surface area contributed by atoms with Crippen LogP contribution in [0.25, 0.3) is 0 Å². The Kier molecular flexibility index (Phi) is 2.82. The van der Waals surface area contributed by atoms with Gasteiger partial charge in [-0.15, -0.1) is 0 Å². The highest BCUT2D eigenvalue weighted by Gasteiger charge is 2.15. The lowest BCUT2D eigenvalue weighted by Gasteiger charge is -2.13. The van der Waals surface area contributed by atoms with Gasteiger partial charge in [-0.1, -0.05) is 12.8 Å². The zero-order chi connectivity index (χ0) is 6.69. The van der Waals surface area contributed by atoms with Crippen molar-refractivity contribution in [2.75, 3.05) is 20.2 Å². The number of hydrogen-bond acceptors (Lipinski definition) is 3.